The number of esters is 1. The van der Waals surface area contributed by atoms with Gasteiger partial charge in [0.05, 0.1) is 32.1 Å². The highest BCUT2D eigenvalue weighted by Gasteiger charge is 2.25. The molecular formula is C27H37N5O13S. The molecule has 0 saturated carbocycles. The highest BCUT2D eigenvalue weighted by atomic mass is 32.1. The largest absolute Gasteiger partial charge is 0.496 e. The Bertz CT molecular complexity index is 1310. The lowest BCUT2D eigenvalue weighted by Gasteiger charge is -2.27. The van der Waals surface area contributed by atoms with Gasteiger partial charge in [-0.2, -0.15) is 4.37 Å². The summed E-state index contributed by atoms with van der Waals surface area (Å²) in [6, 6.07) is 4.54. The van der Waals surface area contributed by atoms with Crippen molar-refractivity contribution in [2.24, 2.45) is 0 Å². The number of carbonyl (C=O) groups excluding carboxylic acids is 1. The van der Waals surface area contributed by atoms with Crippen LogP contribution in [0.1, 0.15) is 31.1 Å². The minimum absolute atomic E-state index is 0.0519. The van der Waals surface area contributed by atoms with Crippen LogP contribution >= 0.6 is 11.7 Å². The molecular weight excluding hydrogens is 634 g/mol. The molecule has 1 aromatic heterocycles. The molecule has 1 aromatic carbocycles. The van der Waals surface area contributed by atoms with Crippen LogP contribution in [-0.2, 0) is 23.9 Å². The summed E-state index contributed by atoms with van der Waals surface area (Å²) in [6.45, 7) is 8.70. The van der Waals surface area contributed by atoms with Gasteiger partial charge in [-0.05, 0) is 32.9 Å². The van der Waals surface area contributed by atoms with Gasteiger partial charge in [-0.25, -0.2) is 14.4 Å². The SMILES string of the molecule is COc1cc(OCCO[N+](=O)[O-])ccc1C(=O)O[C@@H](CNC(C)(C)C)COc1nsnc1N1CCOCC1.O=C(O)/C=C\C(=O)O. The summed E-state index contributed by atoms with van der Waals surface area (Å²) in [4.78, 5) is 48.7. The van der Waals surface area contributed by atoms with Crippen molar-refractivity contribution >= 4 is 35.5 Å². The van der Waals surface area contributed by atoms with E-state index in [1.807, 2.05) is 20.8 Å². The monoisotopic (exact) mass is 671 g/mol. The van der Waals surface area contributed by atoms with Crippen LogP contribution in [0, 0.1) is 10.1 Å². The second-order valence-corrected chi connectivity index (χ2v) is 10.8. The van der Waals surface area contributed by atoms with Gasteiger partial charge in [0.25, 0.3) is 11.0 Å². The van der Waals surface area contributed by atoms with E-state index in [2.05, 4.69) is 23.8 Å². The molecule has 46 heavy (non-hydrogen) atoms. The van der Waals surface area contributed by atoms with Crippen LogP contribution in [0.3, 0.4) is 0 Å². The second kappa shape index (κ2) is 18.9. The fourth-order valence-electron chi connectivity index (χ4n) is 3.52. The molecule has 1 aliphatic rings. The first-order valence-corrected chi connectivity index (χ1v) is 14.5. The summed E-state index contributed by atoms with van der Waals surface area (Å²) in [5, 5.41) is 28.3. The number of carboxylic acid groups (broad SMARTS) is 2. The summed E-state index contributed by atoms with van der Waals surface area (Å²) in [5.74, 6) is -1.52. The molecule has 254 valence electrons. The number of nitrogens with one attached hydrogen (secondary N) is 1. The summed E-state index contributed by atoms with van der Waals surface area (Å²) in [7, 11) is 1.41. The van der Waals surface area contributed by atoms with Gasteiger partial charge < -0.3 is 49.0 Å². The molecule has 19 heteroatoms. The van der Waals surface area contributed by atoms with Gasteiger partial charge in [-0.1, -0.05) is 0 Å². The average Bonchev–Trinajstić information content (AvgIpc) is 3.48. The van der Waals surface area contributed by atoms with E-state index in [0.29, 0.717) is 62.4 Å². The third-order valence-electron chi connectivity index (χ3n) is 5.60. The van der Waals surface area contributed by atoms with E-state index in [0.717, 1.165) is 11.7 Å². The Morgan fingerprint density at radius 3 is 2.39 bits per heavy atom. The number of hydrogen-bond acceptors (Lipinski definition) is 16. The first-order chi connectivity index (χ1) is 21.8. The van der Waals surface area contributed by atoms with Crippen LogP contribution < -0.4 is 24.4 Å². The van der Waals surface area contributed by atoms with Crippen molar-refractivity contribution in [3.63, 3.8) is 0 Å². The predicted molar refractivity (Wildman–Crippen MR) is 161 cm³/mol. The van der Waals surface area contributed by atoms with Crippen molar-refractivity contribution in [1.82, 2.24) is 14.1 Å². The van der Waals surface area contributed by atoms with Crippen LogP contribution in [0.5, 0.6) is 17.4 Å². The van der Waals surface area contributed by atoms with Crippen LogP contribution in [0.15, 0.2) is 30.4 Å². The highest BCUT2D eigenvalue weighted by molar-refractivity contribution is 6.99. The van der Waals surface area contributed by atoms with Crippen LogP contribution in [0.25, 0.3) is 0 Å². The van der Waals surface area contributed by atoms with Gasteiger partial charge in [-0.3, -0.25) is 0 Å². The third-order valence-corrected chi connectivity index (χ3v) is 6.10. The van der Waals surface area contributed by atoms with E-state index in [4.69, 9.17) is 33.9 Å². The fourth-order valence-corrected chi connectivity index (χ4v) is 4.04. The Labute approximate surface area is 268 Å². The maximum absolute atomic E-state index is 13.1. The lowest BCUT2D eigenvalue weighted by molar-refractivity contribution is -0.757. The fraction of sp³-hybridized carbons (Fsp3) is 0.519. The molecule has 3 N–H and O–H groups in total. The number of ether oxygens (including phenoxy) is 5. The van der Waals surface area contributed by atoms with E-state index in [1.54, 1.807) is 6.07 Å². The molecule has 0 radical (unpaired) electrons. The Kier molecular flexibility index (Phi) is 15.4. The summed E-state index contributed by atoms with van der Waals surface area (Å²) >= 11 is 1.05. The number of aliphatic carboxylic acids is 2. The molecule has 0 aliphatic carbocycles. The number of benzene rings is 1. The number of carboxylic acids is 2. The van der Waals surface area contributed by atoms with Crippen LogP contribution in [0.2, 0.25) is 0 Å². The maximum atomic E-state index is 13.1. The van der Waals surface area contributed by atoms with Gasteiger partial charge >= 0.3 is 17.9 Å². The zero-order valence-corrected chi connectivity index (χ0v) is 26.5. The molecule has 0 unspecified atom stereocenters. The standard InChI is InChI=1S/C23H33N5O9S.C4H4O4/c1-23(2,3)24-14-17(15-35-21-20(25-38-26-21)27-7-9-33-10-8-27)37-22(29)18-6-5-16(13-19(18)32-4)34-11-12-36-28(30)31;5-3(6)1-2-4(7)8/h5-6,13,17,24H,7-12,14-15H2,1-4H3;1-2H,(H,5,6)(H,7,8)/b;2-1-/t17-;/m0./s1. The Balaban J connectivity index is 0.000000812. The van der Waals surface area contributed by atoms with E-state index in [-0.39, 0.29) is 36.7 Å². The molecule has 1 atom stereocenters. The number of nitrogens with zero attached hydrogens (tertiary/aromatic N) is 4. The molecule has 1 aliphatic heterocycles. The molecule has 0 bridgehead atoms. The molecule has 2 aromatic rings. The number of hydrogen-bond donors (Lipinski definition) is 3. The Hall–Kier alpha value is -4.75. The van der Waals surface area contributed by atoms with Crippen molar-refractivity contribution in [2.45, 2.75) is 32.4 Å². The topological polar surface area (TPSA) is 231 Å². The first kappa shape index (κ1) is 37.4. The number of aromatic nitrogens is 2. The minimum Gasteiger partial charge on any atom is -0.496 e. The molecule has 18 nitrogen and oxygen atoms in total. The minimum atomic E-state index is -1.26. The van der Waals surface area contributed by atoms with E-state index in [1.165, 1.54) is 19.2 Å². The summed E-state index contributed by atoms with van der Waals surface area (Å²) < 4.78 is 36.6. The van der Waals surface area contributed by atoms with Crippen LogP contribution in [-0.4, -0.2) is 113 Å². The molecule has 1 saturated heterocycles. The molecule has 3 rings (SSSR count). The first-order valence-electron chi connectivity index (χ1n) is 13.7. The van der Waals surface area contributed by atoms with E-state index in [9.17, 15) is 24.5 Å². The van der Waals surface area contributed by atoms with Crippen LogP contribution in [0.4, 0.5) is 5.82 Å². The van der Waals surface area contributed by atoms with Gasteiger partial charge in [0.15, 0.2) is 0 Å². The lowest BCUT2D eigenvalue weighted by Crippen LogP contribution is -2.44. The average molecular weight is 672 g/mol. The van der Waals surface area contributed by atoms with E-state index < -0.39 is 29.1 Å². The van der Waals surface area contributed by atoms with Crippen molar-refractivity contribution in [1.29, 1.82) is 0 Å². The Morgan fingerprint density at radius 1 is 1.13 bits per heavy atom. The van der Waals surface area contributed by atoms with Gasteiger partial charge in [0.2, 0.25) is 5.82 Å². The van der Waals surface area contributed by atoms with Gasteiger partial charge in [0.1, 0.15) is 43.0 Å². The normalized spacial score (nSPS) is 13.6. The van der Waals surface area contributed by atoms with E-state index >= 15 is 0 Å². The number of methoxy groups -OCH3 is 1. The Morgan fingerprint density at radius 2 is 1.80 bits per heavy atom. The number of rotatable bonds is 16. The zero-order chi connectivity index (χ0) is 34.1. The highest BCUT2D eigenvalue weighted by Crippen LogP contribution is 2.28. The van der Waals surface area contributed by atoms with Crippen molar-refractivity contribution < 1.29 is 58.2 Å². The summed E-state index contributed by atoms with van der Waals surface area (Å²) in [6.07, 6.45) is 0.464. The second-order valence-electron chi connectivity index (χ2n) is 10.2. The predicted octanol–water partition coefficient (Wildman–Crippen LogP) is 1.67. The molecule has 2 heterocycles. The zero-order valence-electron chi connectivity index (χ0n) is 25.7. The van der Waals surface area contributed by atoms with Crippen molar-refractivity contribution in [3.8, 4) is 17.4 Å². The number of carbonyl (C=O) groups is 3. The van der Waals surface area contributed by atoms with Gasteiger partial charge in [0, 0.05) is 43.4 Å². The maximum Gasteiger partial charge on any atom is 0.342 e. The molecule has 0 spiro atoms. The quantitative estimate of drug-likeness (QED) is 0.0757. The third kappa shape index (κ3) is 14.4. The van der Waals surface area contributed by atoms with Gasteiger partial charge in [-0.15, -0.1) is 14.5 Å². The number of anilines is 1. The smallest absolute Gasteiger partial charge is 0.342 e. The van der Waals surface area contributed by atoms with Crippen molar-refractivity contribution in [3.05, 3.63) is 46.0 Å². The lowest BCUT2D eigenvalue weighted by atomic mass is 10.1. The van der Waals surface area contributed by atoms with Crippen molar-refractivity contribution in [2.75, 3.05) is 64.7 Å². The summed E-state index contributed by atoms with van der Waals surface area (Å²) in [5.41, 5.74) is -0.0343. The molecule has 0 amide bonds. The number of morpholine rings is 1. The molecule has 1 fully saturated rings.